The second-order valence-corrected chi connectivity index (χ2v) is 12.7. The molecule has 8 nitrogen and oxygen atoms in total. The first-order chi connectivity index (χ1) is 16.1. The van der Waals surface area contributed by atoms with E-state index in [4.69, 9.17) is 37.6 Å². The fraction of sp³-hybridized carbons (Fsp3) is 0.750. The maximum absolute atomic E-state index is 5.71. The van der Waals surface area contributed by atoms with Gasteiger partial charge in [-0.25, -0.2) is 0 Å². The van der Waals surface area contributed by atoms with Gasteiger partial charge in [0.15, 0.2) is 8.32 Å². The van der Waals surface area contributed by atoms with Crippen molar-refractivity contribution in [2.24, 2.45) is 0 Å². The van der Waals surface area contributed by atoms with Crippen molar-refractivity contribution in [1.29, 1.82) is 0 Å². The van der Waals surface area contributed by atoms with Crippen molar-refractivity contribution >= 4 is 8.32 Å². The lowest BCUT2D eigenvalue weighted by Crippen LogP contribution is -2.27. The smallest absolute Gasteiger partial charge is 0.183 e. The van der Waals surface area contributed by atoms with E-state index in [0.717, 1.165) is 0 Å². The van der Waals surface area contributed by atoms with Crippen LogP contribution in [0.25, 0.3) is 0 Å². The van der Waals surface area contributed by atoms with Crippen molar-refractivity contribution < 1.29 is 37.6 Å². The third-order valence-corrected chi connectivity index (χ3v) is 5.18. The number of hydrogen-bond acceptors (Lipinski definition) is 8. The van der Waals surface area contributed by atoms with Gasteiger partial charge >= 0.3 is 0 Å². The van der Waals surface area contributed by atoms with Crippen LogP contribution in [0, 0.1) is 0 Å². The van der Waals surface area contributed by atoms with Crippen molar-refractivity contribution in [2.75, 3.05) is 92.5 Å². The molecule has 0 radical (unpaired) electrons. The molecular weight excluding hydrogens is 444 g/mol. The SMILES string of the molecule is C[Si](C)(C)OCCOCCOCCOCCOCCOCCOCCOCc1ccccc1. The summed E-state index contributed by atoms with van der Waals surface area (Å²) in [5, 5.41) is 0. The summed E-state index contributed by atoms with van der Waals surface area (Å²) in [5.74, 6) is 0. The summed E-state index contributed by atoms with van der Waals surface area (Å²) >= 11 is 0. The lowest BCUT2D eigenvalue weighted by atomic mass is 10.2. The molecule has 0 aliphatic rings. The van der Waals surface area contributed by atoms with Crippen molar-refractivity contribution in [3.05, 3.63) is 35.9 Å². The van der Waals surface area contributed by atoms with Gasteiger partial charge in [-0.2, -0.15) is 0 Å². The highest BCUT2D eigenvalue weighted by molar-refractivity contribution is 6.69. The van der Waals surface area contributed by atoms with E-state index < -0.39 is 8.32 Å². The van der Waals surface area contributed by atoms with Crippen LogP contribution < -0.4 is 0 Å². The second kappa shape index (κ2) is 21.6. The van der Waals surface area contributed by atoms with Gasteiger partial charge in [0.1, 0.15) is 0 Å². The summed E-state index contributed by atoms with van der Waals surface area (Å²) in [6.45, 7) is 15.0. The Hall–Kier alpha value is -0.883. The maximum Gasteiger partial charge on any atom is 0.183 e. The molecule has 0 heterocycles. The molecule has 0 atom stereocenters. The Kier molecular flexibility index (Phi) is 19.8. The Balaban J connectivity index is 1.66. The van der Waals surface area contributed by atoms with Crippen LogP contribution in [0.1, 0.15) is 5.56 Å². The zero-order valence-corrected chi connectivity index (χ0v) is 21.8. The molecule has 0 aliphatic heterocycles. The van der Waals surface area contributed by atoms with Gasteiger partial charge in [-0.3, -0.25) is 0 Å². The highest BCUT2D eigenvalue weighted by atomic mass is 28.4. The van der Waals surface area contributed by atoms with E-state index in [1.165, 1.54) is 5.56 Å². The molecule has 0 N–H and O–H groups in total. The van der Waals surface area contributed by atoms with Gasteiger partial charge in [-0.1, -0.05) is 30.3 Å². The lowest BCUT2D eigenvalue weighted by molar-refractivity contribution is -0.0219. The predicted octanol–water partition coefficient (Wildman–Crippen LogP) is 3.15. The first-order valence-corrected chi connectivity index (χ1v) is 15.2. The van der Waals surface area contributed by atoms with Crippen LogP contribution in [0.15, 0.2) is 30.3 Å². The molecule has 9 heteroatoms. The second-order valence-electron chi connectivity index (χ2n) is 8.17. The van der Waals surface area contributed by atoms with Crippen molar-refractivity contribution in [3.8, 4) is 0 Å². The average Bonchev–Trinajstić information content (AvgIpc) is 2.79. The summed E-state index contributed by atoms with van der Waals surface area (Å²) in [6, 6.07) is 10.1. The molecule has 0 aliphatic carbocycles. The number of hydrogen-bond donors (Lipinski definition) is 0. The third-order valence-electron chi connectivity index (χ3n) is 4.11. The summed E-state index contributed by atoms with van der Waals surface area (Å²) in [7, 11) is -1.44. The molecule has 33 heavy (non-hydrogen) atoms. The molecule has 0 saturated carbocycles. The molecule has 0 amide bonds. The van der Waals surface area contributed by atoms with E-state index in [-0.39, 0.29) is 0 Å². The van der Waals surface area contributed by atoms with E-state index in [1.807, 2.05) is 30.3 Å². The van der Waals surface area contributed by atoms with E-state index in [9.17, 15) is 0 Å². The number of ether oxygens (including phenoxy) is 7. The Morgan fingerprint density at radius 1 is 0.455 bits per heavy atom. The van der Waals surface area contributed by atoms with Crippen LogP contribution in [0.5, 0.6) is 0 Å². The van der Waals surface area contributed by atoms with Crippen LogP contribution in [0.2, 0.25) is 19.6 Å². The quantitative estimate of drug-likeness (QED) is 0.162. The molecule has 1 aromatic rings. The molecule has 0 spiro atoms. The summed E-state index contributed by atoms with van der Waals surface area (Å²) < 4.78 is 44.0. The normalized spacial score (nSPS) is 11.8. The van der Waals surface area contributed by atoms with E-state index in [0.29, 0.717) is 99.1 Å². The average molecular weight is 489 g/mol. The minimum Gasteiger partial charge on any atom is -0.415 e. The minimum atomic E-state index is -1.44. The van der Waals surface area contributed by atoms with Gasteiger partial charge in [0.05, 0.1) is 99.1 Å². The van der Waals surface area contributed by atoms with Crippen LogP contribution in [-0.4, -0.2) is 101 Å². The fourth-order valence-electron chi connectivity index (χ4n) is 2.49. The van der Waals surface area contributed by atoms with Crippen LogP contribution in [0.4, 0.5) is 0 Å². The Labute approximate surface area is 200 Å². The zero-order chi connectivity index (χ0) is 23.9. The predicted molar refractivity (Wildman–Crippen MR) is 130 cm³/mol. The standard InChI is InChI=1S/C24H44O8Si/c1-33(2,3)32-22-21-30-18-17-28-14-13-26-10-9-25-11-12-27-15-16-29-19-20-31-23-24-7-5-4-6-8-24/h4-8H,9-23H2,1-3H3. The summed E-state index contributed by atoms with van der Waals surface area (Å²) in [5.41, 5.74) is 1.17. The topological polar surface area (TPSA) is 73.8 Å². The molecule has 0 saturated heterocycles. The Morgan fingerprint density at radius 2 is 0.788 bits per heavy atom. The van der Waals surface area contributed by atoms with Gasteiger partial charge in [-0.05, 0) is 25.2 Å². The molecular formula is C24H44O8Si. The molecule has 0 fully saturated rings. The largest absolute Gasteiger partial charge is 0.415 e. The summed E-state index contributed by atoms with van der Waals surface area (Å²) in [6.07, 6.45) is 0. The maximum atomic E-state index is 5.71. The monoisotopic (exact) mass is 488 g/mol. The molecule has 192 valence electrons. The van der Waals surface area contributed by atoms with Crippen LogP contribution >= 0.6 is 0 Å². The van der Waals surface area contributed by atoms with Gasteiger partial charge in [0, 0.05) is 0 Å². The minimum absolute atomic E-state index is 0.540. The lowest BCUT2D eigenvalue weighted by Gasteiger charge is -2.16. The van der Waals surface area contributed by atoms with Crippen LogP contribution in [0.3, 0.4) is 0 Å². The number of rotatable bonds is 24. The summed E-state index contributed by atoms with van der Waals surface area (Å²) in [4.78, 5) is 0. The molecule has 0 aromatic heterocycles. The highest BCUT2D eigenvalue weighted by Gasteiger charge is 2.12. The van der Waals surface area contributed by atoms with Crippen molar-refractivity contribution in [2.45, 2.75) is 26.2 Å². The van der Waals surface area contributed by atoms with Gasteiger partial charge in [0.25, 0.3) is 0 Å². The van der Waals surface area contributed by atoms with Crippen molar-refractivity contribution in [1.82, 2.24) is 0 Å². The van der Waals surface area contributed by atoms with Gasteiger partial charge < -0.3 is 37.6 Å². The Bertz CT molecular complexity index is 527. The van der Waals surface area contributed by atoms with Crippen LogP contribution in [-0.2, 0) is 44.2 Å². The fourth-order valence-corrected chi connectivity index (χ4v) is 3.19. The van der Waals surface area contributed by atoms with Gasteiger partial charge in [-0.15, -0.1) is 0 Å². The Morgan fingerprint density at radius 3 is 1.15 bits per heavy atom. The zero-order valence-electron chi connectivity index (χ0n) is 20.8. The van der Waals surface area contributed by atoms with Crippen molar-refractivity contribution in [3.63, 3.8) is 0 Å². The molecule has 0 bridgehead atoms. The first-order valence-electron chi connectivity index (χ1n) is 11.8. The molecule has 1 rings (SSSR count). The van der Waals surface area contributed by atoms with E-state index in [2.05, 4.69) is 19.6 Å². The van der Waals surface area contributed by atoms with E-state index in [1.54, 1.807) is 0 Å². The van der Waals surface area contributed by atoms with E-state index >= 15 is 0 Å². The third kappa shape index (κ3) is 22.7. The van der Waals surface area contributed by atoms with Gasteiger partial charge in [0.2, 0.25) is 0 Å². The highest BCUT2D eigenvalue weighted by Crippen LogP contribution is 2.01. The molecule has 0 unspecified atom stereocenters. The first kappa shape index (κ1) is 30.1. The molecule has 1 aromatic carbocycles. The number of benzene rings is 1.